The third-order valence-electron chi connectivity index (χ3n) is 4.59. The van der Waals surface area contributed by atoms with Gasteiger partial charge in [-0.25, -0.2) is 0 Å². The second kappa shape index (κ2) is 5.92. The molecule has 1 atom stereocenters. The Morgan fingerprint density at radius 1 is 0.867 bits per heavy atom. The Labute approximate surface area is 97.8 Å². The minimum Gasteiger partial charge on any atom is -0.0654 e. The maximum atomic E-state index is 2.44. The van der Waals surface area contributed by atoms with Gasteiger partial charge in [0.25, 0.3) is 0 Å². The van der Waals surface area contributed by atoms with E-state index in [4.69, 9.17) is 0 Å². The van der Waals surface area contributed by atoms with Gasteiger partial charge < -0.3 is 0 Å². The summed E-state index contributed by atoms with van der Waals surface area (Å²) >= 11 is 0. The van der Waals surface area contributed by atoms with Crippen LogP contribution in [0.3, 0.4) is 0 Å². The third-order valence-corrected chi connectivity index (χ3v) is 4.59. The molecule has 0 aromatic heterocycles. The number of hydrogen-bond donors (Lipinski definition) is 0. The quantitative estimate of drug-likeness (QED) is 0.532. The molecule has 0 fully saturated rings. The fraction of sp³-hybridized carbons (Fsp3) is 1.00. The van der Waals surface area contributed by atoms with E-state index in [0.717, 1.165) is 5.92 Å². The van der Waals surface area contributed by atoms with Crippen LogP contribution < -0.4 is 0 Å². The molecule has 0 aromatic rings. The summed E-state index contributed by atoms with van der Waals surface area (Å²) in [5.74, 6) is 0.891. The molecule has 0 nitrogen and oxygen atoms in total. The zero-order valence-electron chi connectivity index (χ0n) is 12.1. The lowest BCUT2D eigenvalue weighted by Crippen LogP contribution is -2.41. The van der Waals surface area contributed by atoms with E-state index >= 15 is 0 Å². The Balaban J connectivity index is 5.12. The number of rotatable bonds is 6. The summed E-state index contributed by atoms with van der Waals surface area (Å²) < 4.78 is 0. The molecule has 0 spiro atoms. The van der Waals surface area contributed by atoms with Crippen molar-refractivity contribution in [1.82, 2.24) is 0 Å². The highest BCUT2D eigenvalue weighted by molar-refractivity contribution is 4.93. The van der Waals surface area contributed by atoms with Crippen molar-refractivity contribution in [3.8, 4) is 0 Å². The van der Waals surface area contributed by atoms with Crippen LogP contribution in [0.15, 0.2) is 0 Å². The van der Waals surface area contributed by atoms with Crippen LogP contribution in [0.5, 0.6) is 0 Å². The summed E-state index contributed by atoms with van der Waals surface area (Å²) in [6, 6.07) is 0. The summed E-state index contributed by atoms with van der Waals surface area (Å²) in [7, 11) is 0. The molecule has 0 amide bonds. The maximum absolute atomic E-state index is 2.44. The lowest BCUT2D eigenvalue weighted by Gasteiger charge is -2.50. The Hall–Kier alpha value is 0. The van der Waals surface area contributed by atoms with Crippen molar-refractivity contribution in [2.45, 2.75) is 80.6 Å². The molecule has 92 valence electrons. The van der Waals surface area contributed by atoms with Crippen LogP contribution in [0.25, 0.3) is 0 Å². The van der Waals surface area contributed by atoms with Crippen molar-refractivity contribution in [2.75, 3.05) is 0 Å². The molecule has 0 heteroatoms. The standard InChI is InChI=1S/C15H32/c1-8-12-15(11-4,14(5,6)7)13(9-2)10-3/h13H,8-12H2,1-7H3. The molecule has 0 heterocycles. The molecule has 0 saturated heterocycles. The predicted octanol–water partition coefficient (Wildman–Crippen LogP) is 5.67. The van der Waals surface area contributed by atoms with Crippen molar-refractivity contribution < 1.29 is 0 Å². The Kier molecular flexibility index (Phi) is 5.92. The Bertz CT molecular complexity index is 159. The minimum atomic E-state index is 0.439. The van der Waals surface area contributed by atoms with Gasteiger partial charge in [0.05, 0.1) is 0 Å². The highest BCUT2D eigenvalue weighted by Crippen LogP contribution is 2.52. The fourth-order valence-electron chi connectivity index (χ4n) is 3.70. The molecule has 0 bridgehead atoms. The molecule has 0 aromatic carbocycles. The van der Waals surface area contributed by atoms with Crippen LogP contribution in [0.4, 0.5) is 0 Å². The van der Waals surface area contributed by atoms with E-state index in [1.54, 1.807) is 0 Å². The van der Waals surface area contributed by atoms with Crippen LogP contribution in [0, 0.1) is 16.7 Å². The third kappa shape index (κ3) is 2.98. The molecular formula is C15H32. The summed E-state index contributed by atoms with van der Waals surface area (Å²) in [6.07, 6.45) is 6.71. The van der Waals surface area contributed by atoms with Gasteiger partial charge >= 0.3 is 0 Å². The van der Waals surface area contributed by atoms with Crippen molar-refractivity contribution in [1.29, 1.82) is 0 Å². The number of hydrogen-bond acceptors (Lipinski definition) is 0. The van der Waals surface area contributed by atoms with E-state index in [0.29, 0.717) is 10.8 Å². The van der Waals surface area contributed by atoms with E-state index in [1.165, 1.54) is 32.1 Å². The maximum Gasteiger partial charge on any atom is -0.0223 e. The van der Waals surface area contributed by atoms with Crippen molar-refractivity contribution in [2.24, 2.45) is 16.7 Å². The first kappa shape index (κ1) is 15.0. The summed E-state index contributed by atoms with van der Waals surface area (Å²) in [5, 5.41) is 0. The molecule has 0 aliphatic heterocycles. The van der Waals surface area contributed by atoms with E-state index in [1.807, 2.05) is 0 Å². The topological polar surface area (TPSA) is 0 Å². The average Bonchev–Trinajstić information content (AvgIpc) is 2.16. The zero-order chi connectivity index (χ0) is 12.1. The van der Waals surface area contributed by atoms with E-state index in [2.05, 4.69) is 48.5 Å². The van der Waals surface area contributed by atoms with Crippen LogP contribution in [0.1, 0.15) is 80.6 Å². The second-order valence-corrected chi connectivity index (χ2v) is 6.02. The van der Waals surface area contributed by atoms with Gasteiger partial charge in [-0.05, 0) is 29.6 Å². The molecule has 0 N–H and O–H groups in total. The monoisotopic (exact) mass is 212 g/mol. The SMILES string of the molecule is CCCC(CC)(C(CC)CC)C(C)(C)C. The predicted molar refractivity (Wildman–Crippen MR) is 71.2 cm³/mol. The van der Waals surface area contributed by atoms with E-state index < -0.39 is 0 Å². The molecular weight excluding hydrogens is 180 g/mol. The first-order chi connectivity index (χ1) is 6.89. The minimum absolute atomic E-state index is 0.439. The first-order valence-corrected chi connectivity index (χ1v) is 6.89. The Morgan fingerprint density at radius 3 is 1.53 bits per heavy atom. The van der Waals surface area contributed by atoms with E-state index in [-0.39, 0.29) is 0 Å². The van der Waals surface area contributed by atoms with Gasteiger partial charge in [0.1, 0.15) is 0 Å². The summed E-state index contributed by atoms with van der Waals surface area (Å²) in [6.45, 7) is 16.7. The fourth-order valence-corrected chi connectivity index (χ4v) is 3.70. The van der Waals surface area contributed by atoms with Gasteiger partial charge in [-0.15, -0.1) is 0 Å². The highest BCUT2D eigenvalue weighted by Gasteiger charge is 2.43. The normalized spacial score (nSPS) is 16.8. The summed E-state index contributed by atoms with van der Waals surface area (Å²) in [4.78, 5) is 0. The van der Waals surface area contributed by atoms with E-state index in [9.17, 15) is 0 Å². The molecule has 0 rings (SSSR count). The lowest BCUT2D eigenvalue weighted by molar-refractivity contribution is -0.00485. The van der Waals surface area contributed by atoms with Gasteiger partial charge in [0.2, 0.25) is 0 Å². The molecule has 0 aliphatic carbocycles. The van der Waals surface area contributed by atoms with Crippen molar-refractivity contribution in [3.63, 3.8) is 0 Å². The van der Waals surface area contributed by atoms with Crippen LogP contribution >= 0.6 is 0 Å². The summed E-state index contributed by atoms with van der Waals surface area (Å²) in [5.41, 5.74) is 0.986. The zero-order valence-corrected chi connectivity index (χ0v) is 12.1. The van der Waals surface area contributed by atoms with Gasteiger partial charge in [-0.2, -0.15) is 0 Å². The molecule has 15 heavy (non-hydrogen) atoms. The van der Waals surface area contributed by atoms with Crippen molar-refractivity contribution >= 4 is 0 Å². The van der Waals surface area contributed by atoms with Gasteiger partial charge in [-0.3, -0.25) is 0 Å². The first-order valence-electron chi connectivity index (χ1n) is 6.89. The Morgan fingerprint density at radius 2 is 1.33 bits per heavy atom. The second-order valence-electron chi connectivity index (χ2n) is 6.02. The molecule has 1 unspecified atom stereocenters. The molecule has 0 saturated carbocycles. The van der Waals surface area contributed by atoms with Crippen LogP contribution in [0.2, 0.25) is 0 Å². The van der Waals surface area contributed by atoms with Crippen LogP contribution in [-0.4, -0.2) is 0 Å². The van der Waals surface area contributed by atoms with Gasteiger partial charge in [0, 0.05) is 0 Å². The largest absolute Gasteiger partial charge is 0.0654 e. The molecule has 0 radical (unpaired) electrons. The van der Waals surface area contributed by atoms with Gasteiger partial charge in [0.15, 0.2) is 0 Å². The van der Waals surface area contributed by atoms with Crippen LogP contribution in [-0.2, 0) is 0 Å². The lowest BCUT2D eigenvalue weighted by atomic mass is 9.55. The highest BCUT2D eigenvalue weighted by atomic mass is 14.5. The smallest absolute Gasteiger partial charge is 0.0223 e. The van der Waals surface area contributed by atoms with Crippen molar-refractivity contribution in [3.05, 3.63) is 0 Å². The average molecular weight is 212 g/mol. The molecule has 0 aliphatic rings. The van der Waals surface area contributed by atoms with Gasteiger partial charge in [-0.1, -0.05) is 67.7 Å².